The predicted molar refractivity (Wildman–Crippen MR) is 107 cm³/mol. The molecule has 0 aliphatic rings. The molecule has 0 aliphatic heterocycles. The first-order valence-electron chi connectivity index (χ1n) is 8.86. The van der Waals surface area contributed by atoms with Crippen molar-refractivity contribution in [3.63, 3.8) is 0 Å². The number of carboxylic acid groups (broad SMARTS) is 1. The number of benzene rings is 2. The molecule has 0 atom stereocenters. The van der Waals surface area contributed by atoms with Crippen molar-refractivity contribution in [2.75, 3.05) is 0 Å². The van der Waals surface area contributed by atoms with Crippen LogP contribution in [0.3, 0.4) is 0 Å². The van der Waals surface area contributed by atoms with Crippen molar-refractivity contribution in [3.05, 3.63) is 76.8 Å². The summed E-state index contributed by atoms with van der Waals surface area (Å²) in [6, 6.07) is 12.8. The molecule has 0 saturated heterocycles. The summed E-state index contributed by atoms with van der Waals surface area (Å²) in [6.45, 7) is 5.71. The first-order chi connectivity index (χ1) is 13.3. The van der Waals surface area contributed by atoms with Crippen LogP contribution in [0, 0.1) is 13.8 Å². The third kappa shape index (κ3) is 4.26. The molecule has 0 radical (unpaired) electrons. The van der Waals surface area contributed by atoms with Crippen molar-refractivity contribution >= 4 is 12.0 Å². The highest BCUT2D eigenvalue weighted by atomic mass is 16.5. The fraction of sp³-hybridized carbons (Fsp3) is 0.174. The van der Waals surface area contributed by atoms with Crippen molar-refractivity contribution in [3.8, 4) is 22.6 Å². The molecule has 0 bridgehead atoms. The topological polar surface area (TPSA) is 79.9 Å². The van der Waals surface area contributed by atoms with Gasteiger partial charge in [-0.05, 0) is 78.9 Å². The maximum atomic E-state index is 11.1. The zero-order chi connectivity index (χ0) is 20.3. The molecule has 0 aliphatic carbocycles. The lowest BCUT2D eigenvalue weighted by molar-refractivity contribution is -0.132. The number of carbonyl (C=O) groups is 1. The van der Waals surface area contributed by atoms with Crippen LogP contribution in [-0.2, 0) is 11.4 Å². The fourth-order valence-corrected chi connectivity index (χ4v) is 2.95. The molecule has 3 aromatic rings. The van der Waals surface area contributed by atoms with Gasteiger partial charge in [-0.3, -0.25) is 0 Å². The Morgan fingerprint density at radius 1 is 1.14 bits per heavy atom. The van der Waals surface area contributed by atoms with Crippen LogP contribution in [0.5, 0.6) is 11.5 Å². The molecule has 2 N–H and O–H groups in total. The van der Waals surface area contributed by atoms with Gasteiger partial charge >= 0.3 is 5.97 Å². The Labute approximate surface area is 163 Å². The van der Waals surface area contributed by atoms with Gasteiger partial charge in [0.2, 0.25) is 0 Å². The second-order valence-corrected chi connectivity index (χ2v) is 6.71. The number of aliphatic carboxylic acids is 1. The van der Waals surface area contributed by atoms with Gasteiger partial charge in [-0.25, -0.2) is 4.79 Å². The fourth-order valence-electron chi connectivity index (χ4n) is 2.95. The summed E-state index contributed by atoms with van der Waals surface area (Å²) < 4.78 is 10.8. The van der Waals surface area contributed by atoms with Crippen LogP contribution < -0.4 is 4.74 Å². The normalized spacial score (nSPS) is 11.5. The van der Waals surface area contributed by atoms with Crippen LogP contribution in [0.1, 0.15) is 29.4 Å². The number of aromatic hydroxyl groups is 1. The average molecular weight is 378 g/mol. The summed E-state index contributed by atoms with van der Waals surface area (Å²) >= 11 is 0. The second kappa shape index (κ2) is 8.05. The lowest BCUT2D eigenvalue weighted by Crippen LogP contribution is -1.97. The van der Waals surface area contributed by atoms with Crippen LogP contribution in [-0.4, -0.2) is 16.2 Å². The molecule has 5 heteroatoms. The summed E-state index contributed by atoms with van der Waals surface area (Å²) in [4.78, 5) is 11.1. The summed E-state index contributed by atoms with van der Waals surface area (Å²) in [5.41, 5.74) is 4.91. The first kappa shape index (κ1) is 19.3. The maximum Gasteiger partial charge on any atom is 0.331 e. The molecular formula is C23H22O5. The van der Waals surface area contributed by atoms with Gasteiger partial charge in [0.25, 0.3) is 0 Å². The van der Waals surface area contributed by atoms with Crippen LogP contribution in [0.4, 0.5) is 0 Å². The van der Waals surface area contributed by atoms with E-state index in [0.29, 0.717) is 11.5 Å². The van der Waals surface area contributed by atoms with E-state index < -0.39 is 5.97 Å². The smallest absolute Gasteiger partial charge is 0.331 e. The molecule has 1 heterocycles. The number of rotatable bonds is 6. The van der Waals surface area contributed by atoms with Gasteiger partial charge in [-0.2, -0.15) is 0 Å². The van der Waals surface area contributed by atoms with E-state index in [0.717, 1.165) is 27.8 Å². The summed E-state index contributed by atoms with van der Waals surface area (Å²) in [6.07, 6.45) is 3.24. The van der Waals surface area contributed by atoms with Crippen LogP contribution in [0.25, 0.3) is 17.2 Å². The van der Waals surface area contributed by atoms with Crippen LogP contribution >= 0.6 is 0 Å². The molecule has 0 unspecified atom stereocenters. The van der Waals surface area contributed by atoms with Crippen molar-refractivity contribution in [1.29, 1.82) is 0 Å². The number of phenolic OH excluding ortho intramolecular Hbond substituents is 1. The zero-order valence-electron chi connectivity index (χ0n) is 16.0. The quantitative estimate of drug-likeness (QED) is 0.566. The first-order valence-corrected chi connectivity index (χ1v) is 8.86. The van der Waals surface area contributed by atoms with Gasteiger partial charge in [-0.15, -0.1) is 0 Å². The third-order valence-electron chi connectivity index (χ3n) is 4.54. The lowest BCUT2D eigenvalue weighted by atomic mass is 9.94. The van der Waals surface area contributed by atoms with Gasteiger partial charge in [-0.1, -0.05) is 18.2 Å². The van der Waals surface area contributed by atoms with Gasteiger partial charge < -0.3 is 19.4 Å². The molecule has 3 rings (SSSR count). The highest BCUT2D eigenvalue weighted by molar-refractivity contribution is 5.92. The van der Waals surface area contributed by atoms with Crippen LogP contribution in [0.2, 0.25) is 0 Å². The standard InChI is InChI=1S/C23H22O5/c1-14-11-20(15(2)9-18(14)10-16(3)23(25)26)17-6-7-22(21(24)12-17)28-13-19-5-4-8-27-19/h4-12,24H,13H2,1-3H3,(H,25,26). The largest absolute Gasteiger partial charge is 0.504 e. The monoisotopic (exact) mass is 378 g/mol. The number of furan rings is 1. The molecule has 28 heavy (non-hydrogen) atoms. The summed E-state index contributed by atoms with van der Waals surface area (Å²) in [5, 5.41) is 19.4. The minimum absolute atomic E-state index is 0.0480. The van der Waals surface area contributed by atoms with Crippen molar-refractivity contribution in [1.82, 2.24) is 0 Å². The second-order valence-electron chi connectivity index (χ2n) is 6.71. The summed E-state index contributed by atoms with van der Waals surface area (Å²) in [5.74, 6) is 0.171. The predicted octanol–water partition coefficient (Wildman–Crippen LogP) is 5.34. The molecule has 2 aromatic carbocycles. The zero-order valence-corrected chi connectivity index (χ0v) is 16.0. The van der Waals surface area contributed by atoms with E-state index in [1.807, 2.05) is 32.0 Å². The Bertz CT molecular complexity index is 1030. The molecule has 0 spiro atoms. The third-order valence-corrected chi connectivity index (χ3v) is 4.54. The van der Waals surface area contributed by atoms with Crippen molar-refractivity contribution in [2.45, 2.75) is 27.4 Å². The number of carboxylic acids is 1. The van der Waals surface area contributed by atoms with Gasteiger partial charge in [0.1, 0.15) is 12.4 Å². The van der Waals surface area contributed by atoms with Gasteiger partial charge in [0.15, 0.2) is 11.5 Å². The van der Waals surface area contributed by atoms with E-state index in [9.17, 15) is 9.90 Å². The average Bonchev–Trinajstić information content (AvgIpc) is 3.16. The lowest BCUT2D eigenvalue weighted by Gasteiger charge is -2.13. The molecular weight excluding hydrogens is 356 g/mol. The van der Waals surface area contributed by atoms with E-state index in [2.05, 4.69) is 0 Å². The van der Waals surface area contributed by atoms with E-state index in [1.165, 1.54) is 0 Å². The van der Waals surface area contributed by atoms with E-state index in [1.54, 1.807) is 43.5 Å². The molecule has 5 nitrogen and oxygen atoms in total. The Hall–Kier alpha value is -3.47. The Balaban J connectivity index is 1.87. The van der Waals surface area contributed by atoms with E-state index in [-0.39, 0.29) is 17.9 Å². The Morgan fingerprint density at radius 2 is 1.93 bits per heavy atom. The number of aryl methyl sites for hydroxylation is 2. The highest BCUT2D eigenvalue weighted by Gasteiger charge is 2.11. The number of ether oxygens (including phenoxy) is 1. The Morgan fingerprint density at radius 3 is 2.57 bits per heavy atom. The molecule has 144 valence electrons. The maximum absolute atomic E-state index is 11.1. The van der Waals surface area contributed by atoms with E-state index >= 15 is 0 Å². The van der Waals surface area contributed by atoms with Crippen LogP contribution in [0.15, 0.2) is 58.7 Å². The minimum Gasteiger partial charge on any atom is -0.504 e. The molecule has 0 amide bonds. The van der Waals surface area contributed by atoms with Gasteiger partial charge in [0.05, 0.1) is 6.26 Å². The van der Waals surface area contributed by atoms with Gasteiger partial charge in [0, 0.05) is 5.57 Å². The Kier molecular flexibility index (Phi) is 5.54. The molecule has 0 saturated carbocycles. The number of hydrogen-bond acceptors (Lipinski definition) is 4. The van der Waals surface area contributed by atoms with Crippen molar-refractivity contribution in [2.24, 2.45) is 0 Å². The van der Waals surface area contributed by atoms with Crippen molar-refractivity contribution < 1.29 is 24.2 Å². The summed E-state index contributed by atoms with van der Waals surface area (Å²) in [7, 11) is 0. The number of phenols is 1. The minimum atomic E-state index is -0.934. The SMILES string of the molecule is CC(=Cc1cc(C)c(-c2ccc(OCc3ccco3)c(O)c2)cc1C)C(=O)O. The molecule has 0 fully saturated rings. The van der Waals surface area contributed by atoms with E-state index in [4.69, 9.17) is 14.3 Å². The molecule has 1 aromatic heterocycles. The highest BCUT2D eigenvalue weighted by Crippen LogP contribution is 2.34. The number of hydrogen-bond donors (Lipinski definition) is 2.